The van der Waals surface area contributed by atoms with Crippen LogP contribution in [0.15, 0.2) is 39.9 Å². The number of nitriles is 1. The minimum Gasteiger partial charge on any atom is -0.381 e. The van der Waals surface area contributed by atoms with Crippen molar-refractivity contribution >= 4 is 38.6 Å². The Labute approximate surface area is 138 Å². The molecule has 0 unspecified atom stereocenters. The third kappa shape index (κ3) is 3.59. The van der Waals surface area contributed by atoms with Crippen LogP contribution in [0.25, 0.3) is 0 Å². The predicted octanol–water partition coefficient (Wildman–Crippen LogP) is 3.01. The summed E-state index contributed by atoms with van der Waals surface area (Å²) in [5, 5.41) is 14.2. The normalized spacial score (nSPS) is 11.4. The number of para-hydroxylation sites is 1. The predicted molar refractivity (Wildman–Crippen MR) is 88.8 cm³/mol. The van der Waals surface area contributed by atoms with Gasteiger partial charge < -0.3 is 5.32 Å². The first-order valence-corrected chi connectivity index (χ1v) is 9.09. The Hall–Kier alpha value is -1.59. The summed E-state index contributed by atoms with van der Waals surface area (Å²) >= 11 is 7.23. The second kappa shape index (κ2) is 7.11. The average Bonchev–Trinajstić information content (AvgIpc) is 3.03. The first-order valence-electron chi connectivity index (χ1n) is 6.39. The number of nitrogens with zero attached hydrogens (tertiary/aromatic N) is 2. The van der Waals surface area contributed by atoms with E-state index < -0.39 is 10.0 Å². The van der Waals surface area contributed by atoms with E-state index in [-0.39, 0.29) is 6.54 Å². The van der Waals surface area contributed by atoms with Gasteiger partial charge in [0, 0.05) is 20.1 Å². The molecular formula is C14H14ClN3O2S2. The molecule has 116 valence electrons. The van der Waals surface area contributed by atoms with Crippen molar-refractivity contribution in [3.63, 3.8) is 0 Å². The molecule has 2 rings (SSSR count). The summed E-state index contributed by atoms with van der Waals surface area (Å²) in [6.45, 7) is 0.607. The monoisotopic (exact) mass is 355 g/mol. The highest BCUT2D eigenvalue weighted by atomic mass is 35.5. The van der Waals surface area contributed by atoms with Crippen LogP contribution < -0.4 is 5.32 Å². The average molecular weight is 356 g/mol. The minimum atomic E-state index is -3.46. The highest BCUT2D eigenvalue weighted by Crippen LogP contribution is 2.25. The number of nitrogens with one attached hydrogen (secondary N) is 1. The summed E-state index contributed by atoms with van der Waals surface area (Å²) in [6, 6.07) is 10.4. The van der Waals surface area contributed by atoms with Crippen molar-refractivity contribution in [1.82, 2.24) is 4.31 Å². The number of anilines is 1. The molecule has 1 aromatic carbocycles. The first-order chi connectivity index (χ1) is 10.5. The lowest BCUT2D eigenvalue weighted by atomic mass is 10.2. The van der Waals surface area contributed by atoms with Crippen molar-refractivity contribution in [1.29, 1.82) is 5.26 Å². The third-order valence-electron chi connectivity index (χ3n) is 3.02. The van der Waals surface area contributed by atoms with Gasteiger partial charge in [0.15, 0.2) is 0 Å². The van der Waals surface area contributed by atoms with Gasteiger partial charge in [-0.05, 0) is 23.6 Å². The fourth-order valence-corrected chi connectivity index (χ4v) is 4.43. The molecule has 5 nitrogen and oxygen atoms in total. The van der Waals surface area contributed by atoms with E-state index in [1.54, 1.807) is 35.7 Å². The molecule has 1 N–H and O–H groups in total. The number of rotatable bonds is 6. The molecule has 22 heavy (non-hydrogen) atoms. The number of halogens is 1. The fourth-order valence-electron chi connectivity index (χ4n) is 1.82. The molecule has 0 bridgehead atoms. The van der Waals surface area contributed by atoms with Crippen LogP contribution in [0.3, 0.4) is 0 Å². The van der Waals surface area contributed by atoms with E-state index in [0.29, 0.717) is 27.0 Å². The van der Waals surface area contributed by atoms with Crippen LogP contribution in [0.4, 0.5) is 5.69 Å². The number of likely N-dealkylation sites (N-methyl/N-ethyl adjacent to an activating group) is 1. The Morgan fingerprint density at radius 3 is 2.77 bits per heavy atom. The Bertz CT molecular complexity index is 783. The van der Waals surface area contributed by atoms with Crippen molar-refractivity contribution in [2.45, 2.75) is 4.21 Å². The highest BCUT2D eigenvalue weighted by molar-refractivity contribution is 7.91. The molecule has 0 atom stereocenters. The van der Waals surface area contributed by atoms with Crippen molar-refractivity contribution in [3.8, 4) is 6.07 Å². The van der Waals surface area contributed by atoms with Crippen LogP contribution in [0, 0.1) is 11.3 Å². The van der Waals surface area contributed by atoms with Crippen LogP contribution >= 0.6 is 22.9 Å². The zero-order valence-corrected chi connectivity index (χ0v) is 14.2. The topological polar surface area (TPSA) is 73.2 Å². The summed E-state index contributed by atoms with van der Waals surface area (Å²) in [4.78, 5) is 0. The van der Waals surface area contributed by atoms with E-state index in [0.717, 1.165) is 0 Å². The van der Waals surface area contributed by atoms with Gasteiger partial charge in [0.25, 0.3) is 10.0 Å². The number of sulfonamides is 1. The number of thiophene rings is 1. The van der Waals surface area contributed by atoms with E-state index in [1.165, 1.54) is 22.7 Å². The molecule has 8 heteroatoms. The molecule has 0 saturated heterocycles. The van der Waals surface area contributed by atoms with Gasteiger partial charge >= 0.3 is 0 Å². The lowest BCUT2D eigenvalue weighted by Crippen LogP contribution is -2.31. The molecule has 0 saturated carbocycles. The zero-order chi connectivity index (χ0) is 16.2. The molecule has 1 aromatic heterocycles. The van der Waals surface area contributed by atoms with E-state index in [4.69, 9.17) is 16.9 Å². The van der Waals surface area contributed by atoms with E-state index in [1.807, 2.05) is 0 Å². The summed E-state index contributed by atoms with van der Waals surface area (Å²) in [6.07, 6.45) is 0. The van der Waals surface area contributed by atoms with Crippen molar-refractivity contribution in [2.24, 2.45) is 0 Å². The number of hydrogen-bond acceptors (Lipinski definition) is 5. The maximum Gasteiger partial charge on any atom is 0.252 e. The van der Waals surface area contributed by atoms with Gasteiger partial charge in [-0.15, -0.1) is 11.3 Å². The number of benzene rings is 1. The molecule has 0 amide bonds. The molecule has 0 aliphatic carbocycles. The van der Waals surface area contributed by atoms with Crippen LogP contribution in [-0.2, 0) is 10.0 Å². The van der Waals surface area contributed by atoms with Crippen LogP contribution in [0.5, 0.6) is 0 Å². The number of hydrogen-bond donors (Lipinski definition) is 1. The Kier molecular flexibility index (Phi) is 5.42. The smallest absolute Gasteiger partial charge is 0.252 e. The van der Waals surface area contributed by atoms with Gasteiger partial charge in [-0.3, -0.25) is 0 Å². The van der Waals surface area contributed by atoms with Crippen molar-refractivity contribution < 1.29 is 8.42 Å². The largest absolute Gasteiger partial charge is 0.381 e. The van der Waals surface area contributed by atoms with Crippen molar-refractivity contribution in [2.75, 3.05) is 25.5 Å². The second-order valence-corrected chi connectivity index (χ2v) is 8.09. The summed E-state index contributed by atoms with van der Waals surface area (Å²) in [7, 11) is -1.94. The molecule has 0 radical (unpaired) electrons. The van der Waals surface area contributed by atoms with E-state index in [2.05, 4.69) is 11.4 Å². The zero-order valence-electron chi connectivity index (χ0n) is 11.8. The second-order valence-electron chi connectivity index (χ2n) is 4.46. The van der Waals surface area contributed by atoms with E-state index >= 15 is 0 Å². The van der Waals surface area contributed by atoms with Gasteiger partial charge in [0.05, 0.1) is 16.3 Å². The van der Waals surface area contributed by atoms with Crippen LogP contribution in [-0.4, -0.2) is 32.9 Å². The van der Waals surface area contributed by atoms with Gasteiger partial charge in [-0.1, -0.05) is 23.7 Å². The molecule has 0 spiro atoms. The van der Waals surface area contributed by atoms with Crippen molar-refractivity contribution in [3.05, 3.63) is 46.3 Å². The minimum absolute atomic E-state index is 0.260. The lowest BCUT2D eigenvalue weighted by Gasteiger charge is -2.17. The molecule has 0 fully saturated rings. The quantitative estimate of drug-likeness (QED) is 0.864. The molecule has 0 aliphatic heterocycles. The van der Waals surface area contributed by atoms with Gasteiger partial charge in [0.2, 0.25) is 0 Å². The first kappa shape index (κ1) is 16.8. The Morgan fingerprint density at radius 2 is 2.14 bits per heavy atom. The molecule has 1 heterocycles. The molecule has 2 aromatic rings. The fraction of sp³-hybridized carbons (Fsp3) is 0.214. The van der Waals surface area contributed by atoms with E-state index in [9.17, 15) is 8.42 Å². The maximum atomic E-state index is 12.3. The van der Waals surface area contributed by atoms with Crippen LogP contribution in [0.1, 0.15) is 5.56 Å². The highest BCUT2D eigenvalue weighted by Gasteiger charge is 2.21. The maximum absolute atomic E-state index is 12.3. The van der Waals surface area contributed by atoms with Gasteiger partial charge in [0.1, 0.15) is 10.3 Å². The van der Waals surface area contributed by atoms with Crippen LogP contribution in [0.2, 0.25) is 5.02 Å². The SMILES string of the molecule is CN(CCNc1c(Cl)cccc1C#N)S(=O)(=O)c1cccs1. The Morgan fingerprint density at radius 1 is 1.36 bits per heavy atom. The molecular weight excluding hydrogens is 342 g/mol. The third-order valence-corrected chi connectivity index (χ3v) is 6.57. The van der Waals surface area contributed by atoms with Gasteiger partial charge in [-0.25, -0.2) is 8.42 Å². The Balaban J connectivity index is 2.02. The summed E-state index contributed by atoms with van der Waals surface area (Å²) < 4.78 is 26.1. The summed E-state index contributed by atoms with van der Waals surface area (Å²) in [5.74, 6) is 0. The standard InChI is InChI=1S/C14H14ClN3O2S2/c1-18(22(19,20)13-6-3-9-21-13)8-7-17-14-11(10-16)4-2-5-12(14)15/h2-6,9,17H,7-8H2,1H3. The summed E-state index contributed by atoms with van der Waals surface area (Å²) in [5.41, 5.74) is 0.949. The van der Waals surface area contributed by atoms with Gasteiger partial charge in [-0.2, -0.15) is 9.57 Å². The lowest BCUT2D eigenvalue weighted by molar-refractivity contribution is 0.482. The molecule has 0 aliphatic rings.